The molecule has 1 aliphatic heterocycles. The maximum Gasteiger partial charge on any atom is 0.254 e. The zero-order valence-electron chi connectivity index (χ0n) is 10.5. The number of rotatable bonds is 1. The van der Waals surface area contributed by atoms with Crippen molar-refractivity contribution in [3.8, 4) is 16.9 Å². The molecule has 0 saturated carbocycles. The molecule has 3 heterocycles. The van der Waals surface area contributed by atoms with Crippen LogP contribution in [0.5, 0.6) is 5.75 Å². The van der Waals surface area contributed by atoms with Gasteiger partial charge in [-0.05, 0) is 12.5 Å². The van der Waals surface area contributed by atoms with E-state index in [4.69, 9.17) is 4.74 Å². The second-order valence-corrected chi connectivity index (χ2v) is 4.65. The standard InChI is InChI=1S/C14H12N4O/c1-9-16-17-14-15-7-11(8-18(9)14)12-4-2-3-10-5-6-19-13(10)12/h2-4,7-8H,5-6H2,1H3. The predicted octanol–water partition coefficient (Wildman–Crippen LogP) is 2.03. The van der Waals surface area contributed by atoms with E-state index in [0.29, 0.717) is 5.78 Å². The highest BCUT2D eigenvalue weighted by Crippen LogP contribution is 2.36. The molecule has 5 heteroatoms. The van der Waals surface area contributed by atoms with Gasteiger partial charge in [0, 0.05) is 29.9 Å². The molecule has 19 heavy (non-hydrogen) atoms. The Kier molecular flexibility index (Phi) is 2.09. The summed E-state index contributed by atoms with van der Waals surface area (Å²) in [4.78, 5) is 4.34. The molecule has 0 spiro atoms. The van der Waals surface area contributed by atoms with Crippen LogP contribution in [-0.4, -0.2) is 26.2 Å². The summed E-state index contributed by atoms with van der Waals surface area (Å²) in [5.41, 5.74) is 3.37. The van der Waals surface area contributed by atoms with Crippen molar-refractivity contribution in [3.63, 3.8) is 0 Å². The average Bonchev–Trinajstić information content (AvgIpc) is 3.05. The fourth-order valence-electron chi connectivity index (χ4n) is 2.48. The van der Waals surface area contributed by atoms with E-state index in [2.05, 4.69) is 33.4 Å². The largest absolute Gasteiger partial charge is 0.492 e. The van der Waals surface area contributed by atoms with Gasteiger partial charge < -0.3 is 4.74 Å². The number of aromatic nitrogens is 4. The minimum absolute atomic E-state index is 0.620. The van der Waals surface area contributed by atoms with E-state index in [1.165, 1.54) is 5.56 Å². The van der Waals surface area contributed by atoms with Gasteiger partial charge in [0.1, 0.15) is 11.6 Å². The highest BCUT2D eigenvalue weighted by Gasteiger charge is 2.17. The van der Waals surface area contributed by atoms with Crippen LogP contribution in [0.4, 0.5) is 0 Å². The van der Waals surface area contributed by atoms with Crippen LogP contribution >= 0.6 is 0 Å². The van der Waals surface area contributed by atoms with Crippen molar-refractivity contribution in [1.82, 2.24) is 19.6 Å². The SMILES string of the molecule is Cc1nnc2ncc(-c3cccc4c3OCC4)cn12. The summed E-state index contributed by atoms with van der Waals surface area (Å²) < 4.78 is 7.63. The van der Waals surface area contributed by atoms with Gasteiger partial charge in [0.05, 0.1) is 6.61 Å². The molecule has 0 radical (unpaired) electrons. The molecule has 0 unspecified atom stereocenters. The van der Waals surface area contributed by atoms with E-state index in [-0.39, 0.29) is 0 Å². The highest BCUT2D eigenvalue weighted by molar-refractivity contribution is 5.72. The number of hydrogen-bond acceptors (Lipinski definition) is 4. The summed E-state index contributed by atoms with van der Waals surface area (Å²) in [6.07, 6.45) is 4.81. The van der Waals surface area contributed by atoms with E-state index in [1.807, 2.05) is 23.7 Å². The van der Waals surface area contributed by atoms with Crippen LogP contribution in [0.15, 0.2) is 30.6 Å². The van der Waals surface area contributed by atoms with Gasteiger partial charge in [-0.15, -0.1) is 10.2 Å². The third-order valence-corrected chi connectivity index (χ3v) is 3.46. The summed E-state index contributed by atoms with van der Waals surface area (Å²) in [6.45, 7) is 2.67. The Morgan fingerprint density at radius 2 is 2.21 bits per heavy atom. The van der Waals surface area contributed by atoms with E-state index < -0.39 is 0 Å². The topological polar surface area (TPSA) is 52.3 Å². The molecule has 0 fully saturated rings. The second kappa shape index (κ2) is 3.78. The molecule has 0 amide bonds. The average molecular weight is 252 g/mol. The minimum atomic E-state index is 0.620. The lowest BCUT2D eigenvalue weighted by atomic mass is 10.0. The molecule has 0 bridgehead atoms. The van der Waals surface area contributed by atoms with Gasteiger partial charge in [0.25, 0.3) is 5.78 Å². The quantitative estimate of drug-likeness (QED) is 0.665. The van der Waals surface area contributed by atoms with Gasteiger partial charge >= 0.3 is 0 Å². The summed E-state index contributed by atoms with van der Waals surface area (Å²) in [5.74, 6) is 2.43. The first-order valence-electron chi connectivity index (χ1n) is 6.25. The number of ether oxygens (including phenoxy) is 1. The molecular weight excluding hydrogens is 240 g/mol. The maximum absolute atomic E-state index is 5.74. The van der Waals surface area contributed by atoms with E-state index >= 15 is 0 Å². The summed E-state index contributed by atoms with van der Waals surface area (Å²) in [5, 5.41) is 8.02. The number of benzene rings is 1. The van der Waals surface area contributed by atoms with E-state index in [0.717, 1.165) is 35.7 Å². The van der Waals surface area contributed by atoms with E-state index in [9.17, 15) is 0 Å². The molecule has 0 atom stereocenters. The fourth-order valence-corrected chi connectivity index (χ4v) is 2.48. The molecule has 1 aliphatic rings. The Morgan fingerprint density at radius 3 is 3.16 bits per heavy atom. The predicted molar refractivity (Wildman–Crippen MR) is 70.2 cm³/mol. The molecule has 5 nitrogen and oxygen atoms in total. The second-order valence-electron chi connectivity index (χ2n) is 4.65. The number of aryl methyl sites for hydroxylation is 1. The Labute approximate surface area is 109 Å². The molecular formula is C14H12N4O. The van der Waals surface area contributed by atoms with Gasteiger partial charge in [0.15, 0.2) is 0 Å². The van der Waals surface area contributed by atoms with Crippen molar-refractivity contribution in [2.24, 2.45) is 0 Å². The van der Waals surface area contributed by atoms with Gasteiger partial charge in [0.2, 0.25) is 0 Å². The van der Waals surface area contributed by atoms with Crippen LogP contribution in [-0.2, 0) is 6.42 Å². The van der Waals surface area contributed by atoms with Crippen LogP contribution in [0.3, 0.4) is 0 Å². The van der Waals surface area contributed by atoms with Crippen molar-refractivity contribution in [3.05, 3.63) is 42.0 Å². The molecule has 94 valence electrons. The Balaban J connectivity index is 1.95. The monoisotopic (exact) mass is 252 g/mol. The first-order valence-corrected chi connectivity index (χ1v) is 6.25. The van der Waals surface area contributed by atoms with Gasteiger partial charge in [-0.25, -0.2) is 4.98 Å². The minimum Gasteiger partial charge on any atom is -0.492 e. The third kappa shape index (κ3) is 1.51. The normalized spacial score (nSPS) is 13.5. The zero-order chi connectivity index (χ0) is 12.8. The molecule has 0 N–H and O–H groups in total. The summed E-state index contributed by atoms with van der Waals surface area (Å²) in [6, 6.07) is 6.24. The first-order chi connectivity index (χ1) is 9.33. The molecule has 0 saturated heterocycles. The van der Waals surface area contributed by atoms with E-state index in [1.54, 1.807) is 0 Å². The lowest BCUT2D eigenvalue weighted by Crippen LogP contribution is -1.94. The van der Waals surface area contributed by atoms with Crippen LogP contribution in [0.2, 0.25) is 0 Å². The van der Waals surface area contributed by atoms with Crippen LogP contribution in [0.1, 0.15) is 11.4 Å². The smallest absolute Gasteiger partial charge is 0.254 e. The lowest BCUT2D eigenvalue weighted by molar-refractivity contribution is 0.358. The van der Waals surface area contributed by atoms with Crippen LogP contribution in [0, 0.1) is 6.92 Å². The lowest BCUT2D eigenvalue weighted by Gasteiger charge is -2.08. The number of fused-ring (bicyclic) bond motifs is 2. The summed E-state index contributed by atoms with van der Waals surface area (Å²) in [7, 11) is 0. The Bertz CT molecular complexity index is 778. The van der Waals surface area contributed by atoms with Crippen molar-refractivity contribution in [2.45, 2.75) is 13.3 Å². The maximum atomic E-state index is 5.74. The van der Waals surface area contributed by atoms with Crippen molar-refractivity contribution >= 4 is 5.78 Å². The number of nitrogens with zero attached hydrogens (tertiary/aromatic N) is 4. The van der Waals surface area contributed by atoms with Crippen molar-refractivity contribution < 1.29 is 4.74 Å². The molecule has 4 rings (SSSR count). The van der Waals surface area contributed by atoms with Gasteiger partial charge in [-0.3, -0.25) is 4.40 Å². The molecule has 1 aromatic carbocycles. The molecule has 2 aromatic heterocycles. The zero-order valence-corrected chi connectivity index (χ0v) is 10.5. The molecule has 3 aromatic rings. The highest BCUT2D eigenvalue weighted by atomic mass is 16.5. The fraction of sp³-hybridized carbons (Fsp3) is 0.214. The number of para-hydroxylation sites is 1. The van der Waals surface area contributed by atoms with Gasteiger partial charge in [-0.1, -0.05) is 18.2 Å². The molecule has 0 aliphatic carbocycles. The van der Waals surface area contributed by atoms with Crippen LogP contribution in [0.25, 0.3) is 16.9 Å². The first kappa shape index (κ1) is 10.5. The van der Waals surface area contributed by atoms with Crippen molar-refractivity contribution in [1.29, 1.82) is 0 Å². The Morgan fingerprint density at radius 1 is 1.26 bits per heavy atom. The third-order valence-electron chi connectivity index (χ3n) is 3.46. The summed E-state index contributed by atoms with van der Waals surface area (Å²) >= 11 is 0. The van der Waals surface area contributed by atoms with Crippen molar-refractivity contribution in [2.75, 3.05) is 6.61 Å². The number of hydrogen-bond donors (Lipinski definition) is 0. The van der Waals surface area contributed by atoms with Gasteiger partial charge in [-0.2, -0.15) is 0 Å². The van der Waals surface area contributed by atoms with Crippen LogP contribution < -0.4 is 4.74 Å². The Hall–Kier alpha value is -2.43.